The Morgan fingerprint density at radius 2 is 1.56 bits per heavy atom. The lowest BCUT2D eigenvalue weighted by Gasteiger charge is -2.29. The highest BCUT2D eigenvalue weighted by molar-refractivity contribution is 5.86. The molecule has 0 amide bonds. The van der Waals surface area contributed by atoms with Crippen molar-refractivity contribution in [3.05, 3.63) is 11.9 Å². The third-order valence-electron chi connectivity index (χ3n) is 4.74. The maximum absolute atomic E-state index is 5.86. The summed E-state index contributed by atoms with van der Waals surface area (Å²) in [5.74, 6) is 0. The molecular weight excluding hydrogens is 312 g/mol. The van der Waals surface area contributed by atoms with Gasteiger partial charge in [0.05, 0.1) is 16.9 Å². The van der Waals surface area contributed by atoms with Crippen LogP contribution in [0.2, 0.25) is 0 Å². The van der Waals surface area contributed by atoms with Crippen LogP contribution < -0.4 is 0 Å². The number of aromatic nitrogens is 3. The van der Waals surface area contributed by atoms with Crippen LogP contribution in [0.3, 0.4) is 0 Å². The SMILES string of the molecule is CC(=NOC(C)(C)CCC(C)(C)c1cn(C(C)(C)C)nn1)C(C)(C)C. The first kappa shape index (κ1) is 21.7. The van der Waals surface area contributed by atoms with Crippen LogP contribution in [0, 0.1) is 5.41 Å². The molecule has 5 heteroatoms. The second-order valence-electron chi connectivity index (χ2n) is 10.4. The first-order valence-corrected chi connectivity index (χ1v) is 9.21. The molecule has 25 heavy (non-hydrogen) atoms. The Balaban J connectivity index is 2.76. The molecule has 0 N–H and O–H groups in total. The minimum absolute atomic E-state index is 0.0286. The summed E-state index contributed by atoms with van der Waals surface area (Å²) < 4.78 is 1.93. The van der Waals surface area contributed by atoms with Gasteiger partial charge in [-0.05, 0) is 54.4 Å². The fraction of sp³-hybridized carbons (Fsp3) is 0.850. The third-order valence-corrected chi connectivity index (χ3v) is 4.74. The smallest absolute Gasteiger partial charge is 0.132 e. The molecule has 0 spiro atoms. The van der Waals surface area contributed by atoms with Crippen molar-refractivity contribution in [3.63, 3.8) is 0 Å². The molecule has 1 aromatic heterocycles. The van der Waals surface area contributed by atoms with Gasteiger partial charge in [-0.1, -0.05) is 45.0 Å². The molecule has 0 aliphatic rings. The zero-order chi connectivity index (χ0) is 19.7. The van der Waals surface area contributed by atoms with Crippen LogP contribution in [0.1, 0.15) is 94.7 Å². The summed E-state index contributed by atoms with van der Waals surface area (Å²) in [7, 11) is 0. The van der Waals surface area contributed by atoms with Crippen molar-refractivity contribution in [1.29, 1.82) is 0 Å². The van der Waals surface area contributed by atoms with E-state index in [1.165, 1.54) is 0 Å². The summed E-state index contributed by atoms with van der Waals surface area (Å²) in [5.41, 5.74) is 1.63. The van der Waals surface area contributed by atoms with Crippen LogP contribution in [0.25, 0.3) is 0 Å². The van der Waals surface area contributed by atoms with Crippen LogP contribution in [0.4, 0.5) is 0 Å². The van der Waals surface area contributed by atoms with Crippen molar-refractivity contribution in [2.45, 2.75) is 106 Å². The van der Waals surface area contributed by atoms with Crippen LogP contribution >= 0.6 is 0 Å². The second kappa shape index (κ2) is 7.08. The van der Waals surface area contributed by atoms with E-state index in [9.17, 15) is 0 Å². The molecule has 0 aromatic carbocycles. The lowest BCUT2D eigenvalue weighted by molar-refractivity contribution is -0.0262. The molecule has 144 valence electrons. The van der Waals surface area contributed by atoms with E-state index in [-0.39, 0.29) is 22.0 Å². The van der Waals surface area contributed by atoms with Gasteiger partial charge in [0.15, 0.2) is 0 Å². The molecule has 0 atom stereocenters. The van der Waals surface area contributed by atoms with Crippen molar-refractivity contribution in [2.24, 2.45) is 10.6 Å². The lowest BCUT2D eigenvalue weighted by Crippen LogP contribution is -2.28. The van der Waals surface area contributed by atoms with Crippen molar-refractivity contribution in [2.75, 3.05) is 0 Å². The van der Waals surface area contributed by atoms with E-state index >= 15 is 0 Å². The van der Waals surface area contributed by atoms with Gasteiger partial charge >= 0.3 is 0 Å². The van der Waals surface area contributed by atoms with Crippen molar-refractivity contribution < 1.29 is 4.84 Å². The second-order valence-corrected chi connectivity index (χ2v) is 10.4. The van der Waals surface area contributed by atoms with Crippen molar-refractivity contribution in [3.8, 4) is 0 Å². The minimum atomic E-state index is -0.316. The first-order valence-electron chi connectivity index (χ1n) is 9.21. The normalized spacial score (nSPS) is 14.8. The zero-order valence-corrected chi connectivity index (χ0v) is 18.2. The number of nitrogens with zero attached hydrogens (tertiary/aromatic N) is 4. The molecule has 0 unspecified atom stereocenters. The zero-order valence-electron chi connectivity index (χ0n) is 18.2. The minimum Gasteiger partial charge on any atom is -0.390 e. The highest BCUT2D eigenvalue weighted by atomic mass is 16.6. The summed E-state index contributed by atoms with van der Waals surface area (Å²) >= 11 is 0. The topological polar surface area (TPSA) is 52.3 Å². The van der Waals surface area contributed by atoms with Gasteiger partial charge in [0, 0.05) is 17.0 Å². The average molecular weight is 351 g/mol. The molecule has 0 saturated heterocycles. The highest BCUT2D eigenvalue weighted by Crippen LogP contribution is 2.32. The third kappa shape index (κ3) is 6.44. The summed E-state index contributed by atoms with van der Waals surface area (Å²) in [4.78, 5) is 5.86. The van der Waals surface area contributed by atoms with Gasteiger partial charge in [0.1, 0.15) is 5.60 Å². The molecule has 0 bridgehead atoms. The van der Waals surface area contributed by atoms with E-state index < -0.39 is 0 Å². The maximum Gasteiger partial charge on any atom is 0.132 e. The molecule has 0 aliphatic heterocycles. The van der Waals surface area contributed by atoms with Crippen LogP contribution in [-0.4, -0.2) is 26.3 Å². The van der Waals surface area contributed by atoms with E-state index in [0.29, 0.717) is 0 Å². The standard InChI is InChI=1S/C20H38N4O/c1-15(17(2,3)4)22-25-20(10,11)13-12-19(8,9)16-14-24(23-21-16)18(5,6)7/h14H,12-13H2,1-11H3. The van der Waals surface area contributed by atoms with E-state index in [1.807, 2.05) is 11.6 Å². The predicted molar refractivity (Wildman–Crippen MR) is 105 cm³/mol. The van der Waals surface area contributed by atoms with E-state index in [4.69, 9.17) is 4.84 Å². The first-order chi connectivity index (χ1) is 11.0. The fourth-order valence-corrected chi connectivity index (χ4v) is 2.02. The Labute approximate surface area is 154 Å². The summed E-state index contributed by atoms with van der Waals surface area (Å²) in [6, 6.07) is 0. The van der Waals surface area contributed by atoms with Crippen LogP contribution in [0.15, 0.2) is 11.4 Å². The van der Waals surface area contributed by atoms with Gasteiger partial charge in [0.2, 0.25) is 0 Å². The average Bonchev–Trinajstić information content (AvgIpc) is 2.92. The largest absolute Gasteiger partial charge is 0.390 e. The molecule has 0 aliphatic carbocycles. The Bertz CT molecular complexity index is 598. The number of oxime groups is 1. The monoisotopic (exact) mass is 350 g/mol. The van der Waals surface area contributed by atoms with Gasteiger partial charge < -0.3 is 4.84 Å². The predicted octanol–water partition coefficient (Wildman–Crippen LogP) is 5.31. The fourth-order valence-electron chi connectivity index (χ4n) is 2.02. The van der Waals surface area contributed by atoms with Gasteiger partial charge in [-0.15, -0.1) is 5.10 Å². The molecule has 5 nitrogen and oxygen atoms in total. The van der Waals surface area contributed by atoms with Gasteiger partial charge in [-0.3, -0.25) is 0 Å². The molecule has 0 fully saturated rings. The summed E-state index contributed by atoms with van der Waals surface area (Å²) in [5, 5.41) is 13.1. The lowest BCUT2D eigenvalue weighted by atomic mass is 9.81. The summed E-state index contributed by atoms with van der Waals surface area (Å²) in [6.45, 7) is 23.4. The highest BCUT2D eigenvalue weighted by Gasteiger charge is 2.30. The molecule has 0 saturated carbocycles. The van der Waals surface area contributed by atoms with Crippen molar-refractivity contribution in [1.82, 2.24) is 15.0 Å². The van der Waals surface area contributed by atoms with E-state index in [0.717, 1.165) is 24.2 Å². The molecule has 0 radical (unpaired) electrons. The quantitative estimate of drug-likeness (QED) is 0.516. The van der Waals surface area contributed by atoms with Gasteiger partial charge in [-0.2, -0.15) is 0 Å². The van der Waals surface area contributed by atoms with Gasteiger partial charge in [-0.25, -0.2) is 4.68 Å². The Hall–Kier alpha value is -1.39. The molecule has 1 aromatic rings. The molecular formula is C20H38N4O. The summed E-state index contributed by atoms with van der Waals surface area (Å²) in [6.07, 6.45) is 3.91. The molecule has 1 heterocycles. The Kier molecular flexibility index (Phi) is 6.13. The Morgan fingerprint density at radius 3 is 2.00 bits per heavy atom. The number of rotatable bonds is 6. The maximum atomic E-state index is 5.86. The van der Waals surface area contributed by atoms with Crippen molar-refractivity contribution >= 4 is 5.71 Å². The van der Waals surface area contributed by atoms with Crippen LogP contribution in [0.5, 0.6) is 0 Å². The number of hydrogen-bond donors (Lipinski definition) is 0. The molecule has 1 rings (SSSR count). The van der Waals surface area contributed by atoms with Gasteiger partial charge in [0.25, 0.3) is 0 Å². The van der Waals surface area contributed by atoms with E-state index in [1.54, 1.807) is 0 Å². The van der Waals surface area contributed by atoms with Crippen LogP contribution in [-0.2, 0) is 15.8 Å². The number of hydrogen-bond acceptors (Lipinski definition) is 4. The van der Waals surface area contributed by atoms with E-state index in [2.05, 4.69) is 90.9 Å². The Morgan fingerprint density at radius 1 is 1.00 bits per heavy atom.